The van der Waals surface area contributed by atoms with Gasteiger partial charge in [0, 0.05) is 24.6 Å². The highest BCUT2D eigenvalue weighted by Gasteiger charge is 1.99. The molecule has 0 saturated carbocycles. The predicted octanol–water partition coefficient (Wildman–Crippen LogP) is 4.02. The van der Waals surface area contributed by atoms with Crippen LogP contribution in [0.4, 0.5) is 10.1 Å². The fourth-order valence-electron chi connectivity index (χ4n) is 1.31. The molecule has 0 saturated heterocycles. The number of nitrogens with one attached hydrogen (secondary N) is 1. The Balaban J connectivity index is 0.00000144. The second-order valence-corrected chi connectivity index (χ2v) is 4.19. The fourth-order valence-corrected chi connectivity index (χ4v) is 1.69. The number of aromatic nitrogens is 1. The molecule has 2 rings (SSSR count). The smallest absolute Gasteiger partial charge is 0.137 e. The van der Waals surface area contributed by atoms with Crippen LogP contribution in [0.25, 0.3) is 0 Å². The van der Waals surface area contributed by atoms with Crippen LogP contribution in [0.3, 0.4) is 0 Å². The summed E-state index contributed by atoms with van der Waals surface area (Å²) in [7, 11) is 0. The van der Waals surface area contributed by atoms with Gasteiger partial charge in [-0.3, -0.25) is 4.98 Å². The molecule has 90 valence electrons. The van der Waals surface area contributed by atoms with Crippen molar-refractivity contribution in [2.45, 2.75) is 6.54 Å². The lowest BCUT2D eigenvalue weighted by atomic mass is 10.2. The standard InChI is InChI=1S/C12H10BrFN2.ClH/c13-11-7-10(1-2-12(11)14)16-8-9-3-5-15-6-4-9;/h1-7,16H,8H2;1H. The van der Waals surface area contributed by atoms with E-state index in [1.54, 1.807) is 24.5 Å². The monoisotopic (exact) mass is 316 g/mol. The van der Waals surface area contributed by atoms with E-state index in [4.69, 9.17) is 0 Å². The van der Waals surface area contributed by atoms with E-state index < -0.39 is 0 Å². The van der Waals surface area contributed by atoms with E-state index in [9.17, 15) is 4.39 Å². The van der Waals surface area contributed by atoms with Gasteiger partial charge in [0.25, 0.3) is 0 Å². The van der Waals surface area contributed by atoms with Crippen molar-refractivity contribution >= 4 is 34.0 Å². The molecule has 0 amide bonds. The lowest BCUT2D eigenvalue weighted by molar-refractivity contribution is 0.621. The van der Waals surface area contributed by atoms with Gasteiger partial charge in [-0.25, -0.2) is 4.39 Å². The summed E-state index contributed by atoms with van der Waals surface area (Å²) in [5.41, 5.74) is 2.01. The third-order valence-corrected chi connectivity index (χ3v) is 2.77. The maximum atomic E-state index is 13.0. The van der Waals surface area contributed by atoms with Crippen molar-refractivity contribution in [2.75, 3.05) is 5.32 Å². The number of nitrogens with zero attached hydrogens (tertiary/aromatic N) is 1. The number of hydrogen-bond donors (Lipinski definition) is 1. The van der Waals surface area contributed by atoms with Crippen LogP contribution in [-0.2, 0) is 6.54 Å². The summed E-state index contributed by atoms with van der Waals surface area (Å²) in [6, 6.07) is 8.73. The van der Waals surface area contributed by atoms with Crippen molar-refractivity contribution in [2.24, 2.45) is 0 Å². The maximum Gasteiger partial charge on any atom is 0.137 e. The zero-order chi connectivity index (χ0) is 11.4. The topological polar surface area (TPSA) is 24.9 Å². The van der Waals surface area contributed by atoms with Crippen LogP contribution in [0.2, 0.25) is 0 Å². The van der Waals surface area contributed by atoms with Gasteiger partial charge in [0.05, 0.1) is 4.47 Å². The third kappa shape index (κ3) is 3.98. The summed E-state index contributed by atoms with van der Waals surface area (Å²) in [5.74, 6) is -0.255. The fraction of sp³-hybridized carbons (Fsp3) is 0.0833. The van der Waals surface area contributed by atoms with Crippen LogP contribution in [0.15, 0.2) is 47.2 Å². The highest BCUT2D eigenvalue weighted by Crippen LogP contribution is 2.20. The summed E-state index contributed by atoms with van der Waals surface area (Å²) in [5, 5.41) is 3.20. The van der Waals surface area contributed by atoms with Crippen LogP contribution < -0.4 is 5.32 Å². The number of pyridine rings is 1. The molecule has 0 atom stereocenters. The number of anilines is 1. The molecule has 0 spiro atoms. The van der Waals surface area contributed by atoms with E-state index in [1.165, 1.54) is 6.07 Å². The Morgan fingerprint density at radius 1 is 1.18 bits per heavy atom. The maximum absolute atomic E-state index is 13.0. The molecular formula is C12H11BrClFN2. The van der Waals surface area contributed by atoms with E-state index >= 15 is 0 Å². The van der Waals surface area contributed by atoms with Crippen LogP contribution in [0.5, 0.6) is 0 Å². The quantitative estimate of drug-likeness (QED) is 0.925. The molecule has 0 bridgehead atoms. The minimum atomic E-state index is -0.255. The predicted molar refractivity (Wildman–Crippen MR) is 72.9 cm³/mol. The summed E-state index contributed by atoms with van der Waals surface area (Å²) in [6.45, 7) is 0.695. The molecule has 0 aliphatic carbocycles. The SMILES string of the molecule is Cl.Fc1ccc(NCc2ccncc2)cc1Br. The molecule has 2 nitrogen and oxygen atoms in total. The number of benzene rings is 1. The molecule has 0 unspecified atom stereocenters. The number of halogens is 3. The van der Waals surface area contributed by atoms with Gasteiger partial charge in [0.1, 0.15) is 5.82 Å². The minimum Gasteiger partial charge on any atom is -0.381 e. The molecular weight excluding hydrogens is 307 g/mol. The highest BCUT2D eigenvalue weighted by atomic mass is 79.9. The van der Waals surface area contributed by atoms with E-state index in [-0.39, 0.29) is 18.2 Å². The summed E-state index contributed by atoms with van der Waals surface area (Å²) in [4.78, 5) is 3.94. The van der Waals surface area contributed by atoms with Crippen LogP contribution in [0.1, 0.15) is 5.56 Å². The highest BCUT2D eigenvalue weighted by molar-refractivity contribution is 9.10. The second-order valence-electron chi connectivity index (χ2n) is 3.34. The first-order chi connectivity index (χ1) is 7.75. The summed E-state index contributed by atoms with van der Waals surface area (Å²) in [6.07, 6.45) is 3.50. The Labute approximate surface area is 114 Å². The van der Waals surface area contributed by atoms with Crippen molar-refractivity contribution in [3.63, 3.8) is 0 Å². The number of hydrogen-bond acceptors (Lipinski definition) is 2. The second kappa shape index (κ2) is 6.57. The lowest BCUT2D eigenvalue weighted by Gasteiger charge is -2.06. The van der Waals surface area contributed by atoms with E-state index in [0.29, 0.717) is 11.0 Å². The van der Waals surface area contributed by atoms with Gasteiger partial charge in [0.2, 0.25) is 0 Å². The molecule has 0 radical (unpaired) electrons. The number of rotatable bonds is 3. The van der Waals surface area contributed by atoms with Gasteiger partial charge in [-0.05, 0) is 51.8 Å². The molecule has 1 N–H and O–H groups in total. The van der Waals surface area contributed by atoms with Gasteiger partial charge in [0.15, 0.2) is 0 Å². The van der Waals surface area contributed by atoms with Gasteiger partial charge in [-0.2, -0.15) is 0 Å². The minimum absolute atomic E-state index is 0. The van der Waals surface area contributed by atoms with Crippen LogP contribution in [-0.4, -0.2) is 4.98 Å². The van der Waals surface area contributed by atoms with Crippen molar-refractivity contribution in [1.82, 2.24) is 4.98 Å². The largest absolute Gasteiger partial charge is 0.381 e. The average molecular weight is 318 g/mol. The third-order valence-electron chi connectivity index (χ3n) is 2.17. The zero-order valence-electron chi connectivity index (χ0n) is 8.86. The molecule has 17 heavy (non-hydrogen) atoms. The van der Waals surface area contributed by atoms with E-state index in [2.05, 4.69) is 26.2 Å². The van der Waals surface area contributed by atoms with Crippen molar-refractivity contribution in [3.8, 4) is 0 Å². The average Bonchev–Trinajstić information content (AvgIpc) is 2.32. The molecule has 0 aliphatic rings. The first-order valence-electron chi connectivity index (χ1n) is 4.83. The van der Waals surface area contributed by atoms with Gasteiger partial charge >= 0.3 is 0 Å². The zero-order valence-corrected chi connectivity index (χ0v) is 11.3. The Morgan fingerprint density at radius 3 is 2.53 bits per heavy atom. The van der Waals surface area contributed by atoms with Crippen molar-refractivity contribution in [1.29, 1.82) is 0 Å². The first kappa shape index (κ1) is 13.9. The molecule has 1 heterocycles. The van der Waals surface area contributed by atoms with Gasteiger partial charge < -0.3 is 5.32 Å². The Kier molecular flexibility index (Phi) is 5.38. The van der Waals surface area contributed by atoms with Gasteiger partial charge in [-0.1, -0.05) is 0 Å². The van der Waals surface area contributed by atoms with E-state index in [1.807, 2.05) is 12.1 Å². The molecule has 0 aliphatic heterocycles. The van der Waals surface area contributed by atoms with Crippen molar-refractivity contribution < 1.29 is 4.39 Å². The molecule has 0 fully saturated rings. The molecule has 1 aromatic carbocycles. The summed E-state index contributed by atoms with van der Waals surface area (Å²) >= 11 is 3.15. The lowest BCUT2D eigenvalue weighted by Crippen LogP contribution is -1.99. The normalized spacial score (nSPS) is 9.53. The van der Waals surface area contributed by atoms with Crippen molar-refractivity contribution in [3.05, 3.63) is 58.6 Å². The summed E-state index contributed by atoms with van der Waals surface area (Å²) < 4.78 is 13.4. The van der Waals surface area contributed by atoms with E-state index in [0.717, 1.165) is 11.3 Å². The van der Waals surface area contributed by atoms with Crippen LogP contribution in [0, 0.1) is 5.82 Å². The molecule has 5 heteroatoms. The molecule has 1 aromatic heterocycles. The van der Waals surface area contributed by atoms with Gasteiger partial charge in [-0.15, -0.1) is 12.4 Å². The Morgan fingerprint density at radius 2 is 1.88 bits per heavy atom. The Bertz CT molecular complexity index is 479. The first-order valence-corrected chi connectivity index (χ1v) is 5.63. The van der Waals surface area contributed by atoms with Crippen LogP contribution >= 0.6 is 28.3 Å². The molecule has 2 aromatic rings. The Hall–Kier alpha value is -1.13.